The van der Waals surface area contributed by atoms with Crippen LogP contribution in [0.4, 0.5) is 10.1 Å². The summed E-state index contributed by atoms with van der Waals surface area (Å²) in [4.78, 5) is 0. The van der Waals surface area contributed by atoms with Crippen LogP contribution in [0.2, 0.25) is 5.02 Å². The van der Waals surface area contributed by atoms with Crippen molar-refractivity contribution >= 4 is 17.3 Å². The van der Waals surface area contributed by atoms with Crippen molar-refractivity contribution in [2.75, 3.05) is 20.0 Å². The van der Waals surface area contributed by atoms with Crippen LogP contribution in [0, 0.1) is 5.82 Å². The molecule has 0 aliphatic rings. The summed E-state index contributed by atoms with van der Waals surface area (Å²) in [6.07, 6.45) is -0.842. The molecular formula is C9H11ClFNO2. The first-order valence-electron chi connectivity index (χ1n) is 3.90. The van der Waals surface area contributed by atoms with Crippen molar-refractivity contribution in [2.24, 2.45) is 0 Å². The van der Waals surface area contributed by atoms with Crippen molar-refractivity contribution in [1.82, 2.24) is 0 Å². The topological polar surface area (TPSA) is 44.5 Å². The highest BCUT2D eigenvalue weighted by atomic mass is 35.5. The number of nitrogens with two attached hydrogens (primary N) is 1. The monoisotopic (exact) mass is 219 g/mol. The van der Waals surface area contributed by atoms with E-state index in [4.69, 9.17) is 26.8 Å². The van der Waals surface area contributed by atoms with E-state index in [1.54, 1.807) is 0 Å². The second-order valence-electron chi connectivity index (χ2n) is 2.67. The van der Waals surface area contributed by atoms with E-state index in [0.29, 0.717) is 5.69 Å². The molecule has 0 aliphatic carbocycles. The molecule has 0 aromatic heterocycles. The normalized spacial score (nSPS) is 10.9. The summed E-state index contributed by atoms with van der Waals surface area (Å²) in [5, 5.41) is 0.124. The zero-order chi connectivity index (χ0) is 10.7. The average Bonchev–Trinajstić information content (AvgIpc) is 2.19. The minimum absolute atomic E-state index is 0.122. The fourth-order valence-corrected chi connectivity index (χ4v) is 1.38. The van der Waals surface area contributed by atoms with Crippen LogP contribution in [0.3, 0.4) is 0 Å². The Bertz CT molecular complexity index is 329. The predicted octanol–water partition coefficient (Wildman–Crippen LogP) is 2.35. The molecule has 14 heavy (non-hydrogen) atoms. The fraction of sp³-hybridized carbons (Fsp3) is 0.333. The highest BCUT2D eigenvalue weighted by Crippen LogP contribution is 2.32. The largest absolute Gasteiger partial charge is 0.398 e. The molecule has 1 rings (SSSR count). The van der Waals surface area contributed by atoms with Gasteiger partial charge in [-0.2, -0.15) is 0 Å². The van der Waals surface area contributed by atoms with Crippen molar-refractivity contribution in [3.05, 3.63) is 28.5 Å². The van der Waals surface area contributed by atoms with Crippen LogP contribution in [0.1, 0.15) is 11.9 Å². The lowest BCUT2D eigenvalue weighted by atomic mass is 10.2. The van der Waals surface area contributed by atoms with E-state index in [-0.39, 0.29) is 10.6 Å². The predicted molar refractivity (Wildman–Crippen MR) is 52.6 cm³/mol. The van der Waals surface area contributed by atoms with E-state index in [2.05, 4.69) is 0 Å². The molecule has 0 radical (unpaired) electrons. The van der Waals surface area contributed by atoms with Crippen LogP contribution < -0.4 is 5.73 Å². The van der Waals surface area contributed by atoms with Gasteiger partial charge in [0.15, 0.2) is 6.29 Å². The Morgan fingerprint density at radius 1 is 1.36 bits per heavy atom. The van der Waals surface area contributed by atoms with Crippen molar-refractivity contribution in [2.45, 2.75) is 6.29 Å². The summed E-state index contributed by atoms with van der Waals surface area (Å²) in [5.74, 6) is -0.502. The number of halogens is 2. The standard InChI is InChI=1S/C9H11ClFNO2/c1-13-9(14-2)7-5(11)3-4-6(12)8(7)10/h3-4,9H,12H2,1-2H3. The van der Waals surface area contributed by atoms with Crippen LogP contribution in [0.5, 0.6) is 0 Å². The maximum atomic E-state index is 13.4. The quantitative estimate of drug-likeness (QED) is 0.627. The summed E-state index contributed by atoms with van der Waals surface area (Å²) >= 11 is 5.83. The number of ether oxygens (including phenoxy) is 2. The zero-order valence-corrected chi connectivity index (χ0v) is 8.64. The van der Waals surface area contributed by atoms with Gasteiger partial charge in [-0.15, -0.1) is 0 Å². The summed E-state index contributed by atoms with van der Waals surface area (Å²) in [7, 11) is 2.79. The molecule has 0 bridgehead atoms. The molecule has 0 heterocycles. The Kier molecular flexibility index (Phi) is 3.69. The van der Waals surface area contributed by atoms with Gasteiger partial charge in [0, 0.05) is 14.2 Å². The van der Waals surface area contributed by atoms with Gasteiger partial charge in [-0.05, 0) is 12.1 Å². The van der Waals surface area contributed by atoms with E-state index < -0.39 is 12.1 Å². The first kappa shape index (κ1) is 11.2. The van der Waals surface area contributed by atoms with Crippen LogP contribution in [-0.2, 0) is 9.47 Å². The number of hydrogen-bond acceptors (Lipinski definition) is 3. The number of methoxy groups -OCH3 is 2. The Labute approximate surface area is 86.6 Å². The maximum Gasteiger partial charge on any atom is 0.187 e. The van der Waals surface area contributed by atoms with E-state index in [1.165, 1.54) is 26.4 Å². The fourth-order valence-electron chi connectivity index (χ4n) is 1.13. The Morgan fingerprint density at radius 3 is 2.43 bits per heavy atom. The molecule has 78 valence electrons. The van der Waals surface area contributed by atoms with Crippen molar-refractivity contribution in [3.8, 4) is 0 Å². The minimum atomic E-state index is -0.842. The van der Waals surface area contributed by atoms with Gasteiger partial charge >= 0.3 is 0 Å². The molecule has 1 aromatic carbocycles. The lowest BCUT2D eigenvalue weighted by Gasteiger charge is -2.16. The van der Waals surface area contributed by atoms with E-state index in [0.717, 1.165) is 0 Å². The Balaban J connectivity index is 3.23. The molecule has 0 saturated carbocycles. The average molecular weight is 220 g/mol. The van der Waals surface area contributed by atoms with Gasteiger partial charge in [0.25, 0.3) is 0 Å². The number of hydrogen-bond donors (Lipinski definition) is 1. The van der Waals surface area contributed by atoms with Crippen LogP contribution in [0.25, 0.3) is 0 Å². The van der Waals surface area contributed by atoms with E-state index in [9.17, 15) is 4.39 Å². The lowest BCUT2D eigenvalue weighted by molar-refractivity contribution is -0.107. The Hall–Kier alpha value is -0.840. The molecule has 0 amide bonds. The van der Waals surface area contributed by atoms with Gasteiger partial charge in [0.05, 0.1) is 16.3 Å². The first-order valence-corrected chi connectivity index (χ1v) is 4.28. The lowest BCUT2D eigenvalue weighted by Crippen LogP contribution is -2.08. The molecule has 0 saturated heterocycles. The summed E-state index contributed by atoms with van der Waals surface area (Å²) in [5.41, 5.74) is 5.94. The molecule has 0 unspecified atom stereocenters. The van der Waals surface area contributed by atoms with Gasteiger partial charge in [-0.3, -0.25) is 0 Å². The molecule has 0 fully saturated rings. The van der Waals surface area contributed by atoms with Crippen molar-refractivity contribution in [1.29, 1.82) is 0 Å². The minimum Gasteiger partial charge on any atom is -0.398 e. The number of rotatable bonds is 3. The number of benzene rings is 1. The number of nitrogen functional groups attached to an aromatic ring is 1. The third-order valence-electron chi connectivity index (χ3n) is 1.82. The SMILES string of the molecule is COC(OC)c1c(F)ccc(N)c1Cl. The van der Waals surface area contributed by atoms with Gasteiger partial charge in [0.2, 0.25) is 0 Å². The molecule has 0 spiro atoms. The van der Waals surface area contributed by atoms with Gasteiger partial charge in [0.1, 0.15) is 5.82 Å². The second-order valence-corrected chi connectivity index (χ2v) is 3.05. The molecule has 0 aliphatic heterocycles. The summed E-state index contributed by atoms with van der Waals surface area (Å²) in [6.45, 7) is 0. The summed E-state index contributed by atoms with van der Waals surface area (Å²) in [6, 6.07) is 2.62. The van der Waals surface area contributed by atoms with Crippen LogP contribution >= 0.6 is 11.6 Å². The highest BCUT2D eigenvalue weighted by Gasteiger charge is 2.19. The van der Waals surface area contributed by atoms with E-state index in [1.807, 2.05) is 0 Å². The molecule has 1 aromatic rings. The molecular weight excluding hydrogens is 209 g/mol. The van der Waals surface area contributed by atoms with Gasteiger partial charge in [-0.1, -0.05) is 11.6 Å². The third-order valence-corrected chi connectivity index (χ3v) is 2.24. The maximum absolute atomic E-state index is 13.4. The smallest absolute Gasteiger partial charge is 0.187 e. The van der Waals surface area contributed by atoms with Crippen molar-refractivity contribution in [3.63, 3.8) is 0 Å². The summed E-state index contributed by atoms with van der Waals surface area (Å²) < 4.78 is 23.2. The number of anilines is 1. The van der Waals surface area contributed by atoms with Gasteiger partial charge in [-0.25, -0.2) is 4.39 Å². The first-order chi connectivity index (χ1) is 6.61. The molecule has 3 nitrogen and oxygen atoms in total. The van der Waals surface area contributed by atoms with Crippen molar-refractivity contribution < 1.29 is 13.9 Å². The van der Waals surface area contributed by atoms with Gasteiger partial charge < -0.3 is 15.2 Å². The van der Waals surface area contributed by atoms with E-state index >= 15 is 0 Å². The zero-order valence-electron chi connectivity index (χ0n) is 7.88. The Morgan fingerprint density at radius 2 is 1.93 bits per heavy atom. The third kappa shape index (κ3) is 1.97. The van der Waals surface area contributed by atoms with Crippen LogP contribution in [-0.4, -0.2) is 14.2 Å². The molecule has 5 heteroatoms. The van der Waals surface area contributed by atoms with Crippen LogP contribution in [0.15, 0.2) is 12.1 Å². The molecule has 2 N–H and O–H groups in total. The second kappa shape index (κ2) is 4.59. The molecule has 0 atom stereocenters. The highest BCUT2D eigenvalue weighted by molar-refractivity contribution is 6.33.